The van der Waals surface area contributed by atoms with Crippen LogP contribution in [0.15, 0.2) is 121 Å². The average Bonchev–Trinajstić information content (AvgIpc) is 3.76. The second-order valence-electron chi connectivity index (χ2n) is 8.22. The maximum atomic E-state index is 4.94. The molecule has 0 radical (unpaired) electrons. The Bertz CT molecular complexity index is 1610. The molecule has 6 rings (SSSR count). The summed E-state index contributed by atoms with van der Waals surface area (Å²) in [6.07, 6.45) is 14.1. The molecule has 0 aliphatic rings. The van der Waals surface area contributed by atoms with Gasteiger partial charge >= 0.3 is 0 Å². The minimum Gasteiger partial charge on any atom is -0.399 e. The van der Waals surface area contributed by atoms with E-state index >= 15 is 0 Å². The SMILES string of the molecule is CO/N=C(/c1ccccn1)c1cnc(-c2cccnc2)s1.CO/N=C(\c1ccccn1)c1cnc(-c2cccnc2)s1. The molecule has 0 N–H and O–H groups in total. The zero-order valence-electron chi connectivity index (χ0n) is 22.6. The van der Waals surface area contributed by atoms with E-state index in [2.05, 4.69) is 40.2 Å². The zero-order valence-corrected chi connectivity index (χ0v) is 24.2. The van der Waals surface area contributed by atoms with Crippen molar-refractivity contribution in [3.63, 3.8) is 0 Å². The van der Waals surface area contributed by atoms with Crippen LogP contribution in [0.1, 0.15) is 21.1 Å². The minimum absolute atomic E-state index is 0.672. The molecule has 0 fully saturated rings. The number of pyridine rings is 4. The molecular formula is C30H24N8O2S2. The molecule has 12 heteroatoms. The fourth-order valence-corrected chi connectivity index (χ4v) is 5.43. The first-order valence-corrected chi connectivity index (χ1v) is 14.2. The molecule has 6 aromatic heterocycles. The Labute approximate surface area is 250 Å². The Morgan fingerprint density at radius 1 is 0.548 bits per heavy atom. The molecule has 0 aliphatic carbocycles. The van der Waals surface area contributed by atoms with E-state index in [9.17, 15) is 0 Å². The van der Waals surface area contributed by atoms with Gasteiger partial charge in [-0.15, -0.1) is 22.7 Å². The summed E-state index contributed by atoms with van der Waals surface area (Å²) >= 11 is 3.05. The minimum atomic E-state index is 0.672. The predicted octanol–water partition coefficient (Wildman–Crippen LogP) is 6.00. The first-order valence-electron chi connectivity index (χ1n) is 12.5. The lowest BCUT2D eigenvalue weighted by molar-refractivity contribution is 0.214. The van der Waals surface area contributed by atoms with Crippen molar-refractivity contribution in [1.29, 1.82) is 0 Å². The highest BCUT2D eigenvalue weighted by Gasteiger charge is 2.15. The van der Waals surface area contributed by atoms with E-state index in [-0.39, 0.29) is 0 Å². The van der Waals surface area contributed by atoms with Crippen LogP contribution in [0.5, 0.6) is 0 Å². The van der Waals surface area contributed by atoms with Crippen molar-refractivity contribution >= 4 is 34.1 Å². The van der Waals surface area contributed by atoms with Crippen LogP contribution < -0.4 is 0 Å². The van der Waals surface area contributed by atoms with Crippen LogP contribution in [0.25, 0.3) is 21.1 Å². The summed E-state index contributed by atoms with van der Waals surface area (Å²) < 4.78 is 0. The molecule has 10 nitrogen and oxygen atoms in total. The highest BCUT2D eigenvalue weighted by atomic mass is 32.1. The van der Waals surface area contributed by atoms with Crippen molar-refractivity contribution in [3.8, 4) is 21.1 Å². The number of hydrogen-bond donors (Lipinski definition) is 0. The summed E-state index contributed by atoms with van der Waals surface area (Å²) in [5.74, 6) is 0. The van der Waals surface area contributed by atoms with Crippen molar-refractivity contribution in [2.45, 2.75) is 0 Å². The summed E-state index contributed by atoms with van der Waals surface area (Å²) in [7, 11) is 3.04. The zero-order chi connectivity index (χ0) is 29.0. The molecular weight excluding hydrogens is 569 g/mol. The Hall–Kier alpha value is -5.20. The molecule has 42 heavy (non-hydrogen) atoms. The highest BCUT2D eigenvalue weighted by Crippen LogP contribution is 2.27. The molecule has 0 aliphatic heterocycles. The van der Waals surface area contributed by atoms with Crippen molar-refractivity contribution in [2.75, 3.05) is 14.2 Å². The second-order valence-corrected chi connectivity index (χ2v) is 10.3. The third-order valence-corrected chi connectivity index (χ3v) is 7.58. The number of rotatable bonds is 8. The standard InChI is InChI=1S/2C15H12N4OS/c2*1-20-19-14(12-6-2-3-8-17-12)13-10-18-15(21-13)11-5-4-7-16-9-11/h2*2-10H,1H3/b19-14+;19-14-. The van der Waals surface area contributed by atoms with E-state index in [1.165, 1.54) is 36.9 Å². The van der Waals surface area contributed by atoms with Gasteiger partial charge in [-0.3, -0.25) is 19.9 Å². The molecule has 6 aromatic rings. The van der Waals surface area contributed by atoms with E-state index in [1.807, 2.05) is 60.7 Å². The summed E-state index contributed by atoms with van der Waals surface area (Å²) in [4.78, 5) is 37.4. The molecule has 0 spiro atoms. The number of oxime groups is 2. The van der Waals surface area contributed by atoms with E-state index < -0.39 is 0 Å². The molecule has 0 saturated heterocycles. The third-order valence-electron chi connectivity index (χ3n) is 5.48. The van der Waals surface area contributed by atoms with E-state index in [0.29, 0.717) is 11.4 Å². The van der Waals surface area contributed by atoms with Gasteiger partial charge in [-0.1, -0.05) is 22.4 Å². The Balaban J connectivity index is 0.000000168. The number of thiazole rings is 2. The molecule has 0 aromatic carbocycles. The van der Waals surface area contributed by atoms with Gasteiger partial charge in [0.05, 0.1) is 21.1 Å². The average molecular weight is 593 g/mol. The smallest absolute Gasteiger partial charge is 0.147 e. The highest BCUT2D eigenvalue weighted by molar-refractivity contribution is 7.17. The molecule has 6 heterocycles. The van der Waals surface area contributed by atoms with Gasteiger partial charge in [0.2, 0.25) is 0 Å². The van der Waals surface area contributed by atoms with Crippen molar-refractivity contribution < 1.29 is 9.68 Å². The topological polar surface area (TPSA) is 121 Å². The fourth-order valence-electron chi connectivity index (χ4n) is 3.64. The van der Waals surface area contributed by atoms with E-state index in [4.69, 9.17) is 9.68 Å². The van der Waals surface area contributed by atoms with Crippen LogP contribution in [0.3, 0.4) is 0 Å². The van der Waals surface area contributed by atoms with Crippen LogP contribution >= 0.6 is 22.7 Å². The normalized spacial score (nSPS) is 11.4. The third kappa shape index (κ3) is 7.11. The number of hydrogen-bond acceptors (Lipinski definition) is 12. The van der Waals surface area contributed by atoms with Gasteiger partial charge in [0.1, 0.15) is 35.7 Å². The largest absolute Gasteiger partial charge is 0.399 e. The van der Waals surface area contributed by atoms with Gasteiger partial charge in [-0.25, -0.2) is 9.97 Å². The van der Waals surface area contributed by atoms with Gasteiger partial charge in [-0.2, -0.15) is 0 Å². The van der Waals surface area contributed by atoms with Gasteiger partial charge in [-0.05, 0) is 48.5 Å². The maximum Gasteiger partial charge on any atom is 0.147 e. The van der Waals surface area contributed by atoms with Crippen LogP contribution in [0, 0.1) is 0 Å². The molecule has 0 amide bonds. The van der Waals surface area contributed by atoms with Gasteiger partial charge in [0.15, 0.2) is 0 Å². The molecule has 208 valence electrons. The summed E-state index contributed by atoms with van der Waals surface area (Å²) in [6.45, 7) is 0. The lowest BCUT2D eigenvalue weighted by Crippen LogP contribution is -2.03. The Morgan fingerprint density at radius 3 is 1.38 bits per heavy atom. The van der Waals surface area contributed by atoms with Crippen LogP contribution in [-0.4, -0.2) is 55.5 Å². The summed E-state index contributed by atoms with van der Waals surface area (Å²) in [5, 5.41) is 9.93. The van der Waals surface area contributed by atoms with Crippen molar-refractivity contribution in [2.24, 2.45) is 10.3 Å². The van der Waals surface area contributed by atoms with Crippen LogP contribution in [0.4, 0.5) is 0 Å². The lowest BCUT2D eigenvalue weighted by atomic mass is 10.2. The first-order chi connectivity index (χ1) is 20.8. The maximum absolute atomic E-state index is 4.94. The Kier molecular flexibility index (Phi) is 9.74. The van der Waals surface area contributed by atoms with Crippen LogP contribution in [0.2, 0.25) is 0 Å². The quantitative estimate of drug-likeness (QED) is 0.156. The van der Waals surface area contributed by atoms with E-state index in [0.717, 1.165) is 42.3 Å². The fraction of sp³-hybridized carbons (Fsp3) is 0.0667. The molecule has 0 saturated carbocycles. The van der Waals surface area contributed by atoms with Gasteiger partial charge in [0, 0.05) is 60.7 Å². The van der Waals surface area contributed by atoms with E-state index in [1.54, 1.807) is 49.6 Å². The predicted molar refractivity (Wildman–Crippen MR) is 164 cm³/mol. The van der Waals surface area contributed by atoms with Gasteiger partial charge < -0.3 is 9.68 Å². The first kappa shape index (κ1) is 28.3. The van der Waals surface area contributed by atoms with Gasteiger partial charge in [0.25, 0.3) is 0 Å². The summed E-state index contributed by atoms with van der Waals surface area (Å²) in [5.41, 5.74) is 4.80. The number of aromatic nitrogens is 6. The van der Waals surface area contributed by atoms with Crippen molar-refractivity contribution in [3.05, 3.63) is 131 Å². The van der Waals surface area contributed by atoms with Crippen LogP contribution in [-0.2, 0) is 9.68 Å². The summed E-state index contributed by atoms with van der Waals surface area (Å²) in [6, 6.07) is 19.1. The molecule has 0 atom stereocenters. The monoisotopic (exact) mass is 592 g/mol. The molecule has 0 unspecified atom stereocenters. The Morgan fingerprint density at radius 2 is 1.02 bits per heavy atom. The lowest BCUT2D eigenvalue weighted by Gasteiger charge is -2.01. The number of nitrogens with zero attached hydrogens (tertiary/aromatic N) is 8. The second kappa shape index (κ2) is 14.4. The van der Waals surface area contributed by atoms with Crippen molar-refractivity contribution in [1.82, 2.24) is 29.9 Å². The molecule has 0 bridgehead atoms.